The van der Waals surface area contributed by atoms with Crippen molar-refractivity contribution in [2.75, 3.05) is 13.2 Å². The highest BCUT2D eigenvalue weighted by molar-refractivity contribution is 7.88. The molecule has 0 aromatic heterocycles. The van der Waals surface area contributed by atoms with Crippen molar-refractivity contribution in [2.45, 2.75) is 25.6 Å². The molecule has 120 valence electrons. The summed E-state index contributed by atoms with van der Waals surface area (Å²) in [5.74, 6) is -1.78. The highest BCUT2D eigenvalue weighted by Crippen LogP contribution is 2.30. The van der Waals surface area contributed by atoms with E-state index in [0.29, 0.717) is 5.56 Å². The fourth-order valence-corrected chi connectivity index (χ4v) is 4.10. The summed E-state index contributed by atoms with van der Waals surface area (Å²) in [5.41, 5.74) is 0.401. The second-order valence-corrected chi connectivity index (χ2v) is 6.92. The van der Waals surface area contributed by atoms with Crippen LogP contribution < -0.4 is 0 Å². The van der Waals surface area contributed by atoms with E-state index in [2.05, 4.69) is 0 Å². The lowest BCUT2D eigenvalue weighted by atomic mass is 10.1. The third-order valence-corrected chi connectivity index (χ3v) is 5.34. The number of sulfonamides is 1. The maximum atomic E-state index is 14.0. The number of nitrogens with zero attached hydrogens (tertiary/aromatic N) is 1. The lowest BCUT2D eigenvalue weighted by molar-refractivity contribution is -0.138. The molecule has 1 aromatic rings. The Morgan fingerprint density at radius 3 is 2.59 bits per heavy atom. The highest BCUT2D eigenvalue weighted by atomic mass is 32.2. The van der Waals surface area contributed by atoms with Crippen LogP contribution in [0.4, 0.5) is 4.39 Å². The Morgan fingerprint density at radius 1 is 1.36 bits per heavy atom. The minimum atomic E-state index is -3.73. The third-order valence-electron chi connectivity index (χ3n) is 3.48. The van der Waals surface area contributed by atoms with E-state index in [1.807, 2.05) is 0 Å². The lowest BCUT2D eigenvalue weighted by Gasteiger charge is -2.22. The van der Waals surface area contributed by atoms with E-state index in [9.17, 15) is 17.6 Å². The van der Waals surface area contributed by atoms with Crippen LogP contribution in [0.15, 0.2) is 41.7 Å². The van der Waals surface area contributed by atoms with Gasteiger partial charge in [-0.2, -0.15) is 4.31 Å². The Labute approximate surface area is 129 Å². The first-order chi connectivity index (χ1) is 10.4. The normalized spacial score (nSPS) is 19.5. The average molecular weight is 327 g/mol. The van der Waals surface area contributed by atoms with Gasteiger partial charge in [-0.25, -0.2) is 17.6 Å². The van der Waals surface area contributed by atoms with Crippen LogP contribution in [0.25, 0.3) is 0 Å². The van der Waals surface area contributed by atoms with Gasteiger partial charge in [0.1, 0.15) is 5.83 Å². The Hall–Kier alpha value is -1.73. The minimum absolute atomic E-state index is 0.110. The fraction of sp³-hybridized carbons (Fsp3) is 0.400. The van der Waals surface area contributed by atoms with E-state index in [4.69, 9.17) is 4.74 Å². The summed E-state index contributed by atoms with van der Waals surface area (Å²) in [6.07, 6.45) is 0. The van der Waals surface area contributed by atoms with Crippen molar-refractivity contribution < 1.29 is 22.3 Å². The molecule has 1 aromatic carbocycles. The first-order valence-electron chi connectivity index (χ1n) is 6.96. The Balaban J connectivity index is 2.19. The molecule has 0 fully saturated rings. The molecule has 1 unspecified atom stereocenters. The maximum Gasteiger partial charge on any atom is 0.338 e. The van der Waals surface area contributed by atoms with Gasteiger partial charge < -0.3 is 4.74 Å². The largest absolute Gasteiger partial charge is 0.463 e. The molecule has 0 saturated heterocycles. The predicted octanol–water partition coefficient (Wildman–Crippen LogP) is 2.01. The van der Waals surface area contributed by atoms with Crippen LogP contribution in [-0.4, -0.2) is 37.9 Å². The number of hydrogen-bond donors (Lipinski definition) is 0. The van der Waals surface area contributed by atoms with E-state index in [-0.39, 0.29) is 17.9 Å². The van der Waals surface area contributed by atoms with Crippen LogP contribution in [-0.2, 0) is 25.3 Å². The van der Waals surface area contributed by atoms with Crippen LogP contribution >= 0.6 is 0 Å². The van der Waals surface area contributed by atoms with Crippen LogP contribution in [0.5, 0.6) is 0 Å². The molecule has 0 saturated carbocycles. The number of ether oxygens (including phenoxy) is 1. The van der Waals surface area contributed by atoms with Gasteiger partial charge in [0, 0.05) is 0 Å². The molecule has 7 heteroatoms. The van der Waals surface area contributed by atoms with Crippen molar-refractivity contribution in [2.24, 2.45) is 0 Å². The molecule has 2 rings (SSSR count). The topological polar surface area (TPSA) is 63.7 Å². The van der Waals surface area contributed by atoms with Crippen molar-refractivity contribution in [1.29, 1.82) is 0 Å². The fourth-order valence-electron chi connectivity index (χ4n) is 2.43. The lowest BCUT2D eigenvalue weighted by Crippen LogP contribution is -2.37. The summed E-state index contributed by atoms with van der Waals surface area (Å²) in [7, 11) is -3.73. The van der Waals surface area contributed by atoms with Gasteiger partial charge in [-0.15, -0.1) is 0 Å². The molecule has 0 aliphatic carbocycles. The minimum Gasteiger partial charge on any atom is -0.463 e. The zero-order valence-corrected chi connectivity index (χ0v) is 13.3. The SMILES string of the molecule is CCOC(=O)C1=C(F)CN(S(=O)(=O)Cc2ccccc2)C1C. The van der Waals surface area contributed by atoms with Gasteiger partial charge in [0.2, 0.25) is 10.0 Å². The Bertz CT molecular complexity index is 685. The van der Waals surface area contributed by atoms with Crippen molar-refractivity contribution in [1.82, 2.24) is 4.31 Å². The maximum absolute atomic E-state index is 14.0. The predicted molar refractivity (Wildman–Crippen MR) is 80.0 cm³/mol. The number of esters is 1. The molecular weight excluding hydrogens is 309 g/mol. The second-order valence-electron chi connectivity index (χ2n) is 5.00. The van der Waals surface area contributed by atoms with Gasteiger partial charge >= 0.3 is 5.97 Å². The number of carbonyl (C=O) groups excluding carboxylic acids is 1. The highest BCUT2D eigenvalue weighted by Gasteiger charge is 2.41. The van der Waals surface area contributed by atoms with Crippen LogP contribution in [0.2, 0.25) is 0 Å². The van der Waals surface area contributed by atoms with Crippen molar-refractivity contribution in [3.05, 3.63) is 47.3 Å². The van der Waals surface area contributed by atoms with E-state index in [1.54, 1.807) is 37.3 Å². The molecule has 5 nitrogen and oxygen atoms in total. The smallest absolute Gasteiger partial charge is 0.338 e. The van der Waals surface area contributed by atoms with Gasteiger partial charge in [-0.3, -0.25) is 0 Å². The monoisotopic (exact) mass is 327 g/mol. The standard InChI is InChI=1S/C15H18FNO4S/c1-3-21-15(18)14-11(2)17(9-13(14)16)22(19,20)10-12-7-5-4-6-8-12/h4-8,11H,3,9-10H2,1-2H3. The van der Waals surface area contributed by atoms with E-state index in [1.165, 1.54) is 6.92 Å². The zero-order valence-electron chi connectivity index (χ0n) is 12.5. The summed E-state index contributed by atoms with van der Waals surface area (Å²) < 4.78 is 44.7. The zero-order chi connectivity index (χ0) is 16.3. The number of benzene rings is 1. The summed E-state index contributed by atoms with van der Waals surface area (Å²) in [6.45, 7) is 2.78. The third kappa shape index (κ3) is 3.36. The van der Waals surface area contributed by atoms with Gasteiger partial charge in [0.25, 0.3) is 0 Å². The molecule has 0 bridgehead atoms. The molecule has 22 heavy (non-hydrogen) atoms. The molecule has 1 aliphatic rings. The average Bonchev–Trinajstić information content (AvgIpc) is 2.75. The molecule has 0 amide bonds. The van der Waals surface area contributed by atoms with Gasteiger partial charge in [0.15, 0.2) is 0 Å². The van der Waals surface area contributed by atoms with E-state index < -0.39 is 34.4 Å². The molecule has 1 heterocycles. The summed E-state index contributed by atoms with van der Waals surface area (Å²) >= 11 is 0. The number of halogens is 1. The summed E-state index contributed by atoms with van der Waals surface area (Å²) in [6, 6.07) is 7.77. The van der Waals surface area contributed by atoms with Crippen molar-refractivity contribution >= 4 is 16.0 Å². The Morgan fingerprint density at radius 2 is 2.00 bits per heavy atom. The van der Waals surface area contributed by atoms with E-state index in [0.717, 1.165) is 4.31 Å². The number of hydrogen-bond acceptors (Lipinski definition) is 4. The summed E-state index contributed by atoms with van der Waals surface area (Å²) in [4.78, 5) is 11.8. The molecule has 1 atom stereocenters. The number of rotatable bonds is 5. The Kier molecular flexibility index (Phi) is 4.97. The van der Waals surface area contributed by atoms with Crippen LogP contribution in [0.3, 0.4) is 0 Å². The van der Waals surface area contributed by atoms with Crippen LogP contribution in [0, 0.1) is 0 Å². The first kappa shape index (κ1) is 16.6. The first-order valence-corrected chi connectivity index (χ1v) is 8.57. The van der Waals surface area contributed by atoms with Crippen LogP contribution in [0.1, 0.15) is 19.4 Å². The van der Waals surface area contributed by atoms with Crippen molar-refractivity contribution in [3.8, 4) is 0 Å². The second kappa shape index (κ2) is 6.58. The number of carbonyl (C=O) groups is 1. The van der Waals surface area contributed by atoms with Gasteiger partial charge in [0.05, 0.1) is 30.5 Å². The summed E-state index contributed by atoms with van der Waals surface area (Å²) in [5, 5.41) is 0. The molecule has 0 spiro atoms. The molecule has 0 N–H and O–H groups in total. The van der Waals surface area contributed by atoms with E-state index >= 15 is 0 Å². The quantitative estimate of drug-likeness (QED) is 0.776. The van der Waals surface area contributed by atoms with Crippen molar-refractivity contribution in [3.63, 3.8) is 0 Å². The van der Waals surface area contributed by atoms with Gasteiger partial charge in [-0.05, 0) is 19.4 Å². The molecule has 0 radical (unpaired) electrons. The molecular formula is C15H18FNO4S. The molecule has 1 aliphatic heterocycles. The van der Waals surface area contributed by atoms with Gasteiger partial charge in [-0.1, -0.05) is 30.3 Å².